The number of rotatable bonds is 5. The van der Waals surface area contributed by atoms with Crippen LogP contribution in [-0.4, -0.2) is 51.9 Å². The van der Waals surface area contributed by atoms with Crippen molar-refractivity contribution in [2.24, 2.45) is 0 Å². The molecule has 8 nitrogen and oxygen atoms in total. The number of hydrogen-bond acceptors (Lipinski definition) is 6. The minimum Gasteiger partial charge on any atom is -0.389 e. The van der Waals surface area contributed by atoms with E-state index in [0.717, 1.165) is 0 Å². The van der Waals surface area contributed by atoms with Gasteiger partial charge in [0.25, 0.3) is 0 Å². The molecule has 0 spiro atoms. The zero-order chi connectivity index (χ0) is 11.6. The van der Waals surface area contributed by atoms with E-state index in [2.05, 4.69) is 4.52 Å². The first kappa shape index (κ1) is 15.8. The molecule has 0 aliphatic heterocycles. The van der Waals surface area contributed by atoms with Crippen LogP contribution in [0, 0.1) is 0 Å². The van der Waals surface area contributed by atoms with Crippen LogP contribution >= 0.6 is 7.82 Å². The van der Waals surface area contributed by atoms with Crippen LogP contribution in [0.4, 0.5) is 0 Å². The van der Waals surface area contributed by atoms with Crippen LogP contribution in [0.3, 0.4) is 0 Å². The second-order valence-corrected chi connectivity index (χ2v) is 3.08. The molecule has 0 rings (SSSR count). The average Bonchev–Trinajstić information content (AvgIpc) is 2.13. The number of phosphoric acid groups is 1. The van der Waals surface area contributed by atoms with E-state index in [1.54, 1.807) is 0 Å². The van der Waals surface area contributed by atoms with Crippen molar-refractivity contribution >= 4 is 20.4 Å². The van der Waals surface area contributed by atoms with Gasteiger partial charge in [-0.05, 0) is 0 Å². The van der Waals surface area contributed by atoms with Crippen LogP contribution in [-0.2, 0) is 18.7 Å². The van der Waals surface area contributed by atoms with Gasteiger partial charge in [0.05, 0.1) is 13.2 Å². The monoisotopic (exact) mass is 230 g/mol. The fourth-order valence-electron chi connectivity index (χ4n) is 0.213. The standard InChI is InChI=1S/C3H7O6P.C2H4O2/c4-1-3(5)2-9-10(6,7)8;3-1-2-4/h1,3,5H,2H2,(H2,6,7,8);1,4H,2H2/t3-;/m0./s1. The third-order valence-corrected chi connectivity index (χ3v) is 1.13. The van der Waals surface area contributed by atoms with Gasteiger partial charge in [-0.3, -0.25) is 4.52 Å². The molecule has 4 N–H and O–H groups in total. The third-order valence-electron chi connectivity index (χ3n) is 0.645. The van der Waals surface area contributed by atoms with Crippen LogP contribution in [0.1, 0.15) is 0 Å². The summed E-state index contributed by atoms with van der Waals surface area (Å²) < 4.78 is 13.7. The Balaban J connectivity index is 0. The van der Waals surface area contributed by atoms with Crippen molar-refractivity contribution < 1.29 is 38.7 Å². The second-order valence-electron chi connectivity index (χ2n) is 1.84. The van der Waals surface area contributed by atoms with Crippen molar-refractivity contribution in [3.63, 3.8) is 0 Å². The van der Waals surface area contributed by atoms with E-state index in [-0.39, 0.29) is 12.9 Å². The number of aldehydes is 2. The van der Waals surface area contributed by atoms with E-state index in [1.165, 1.54) is 0 Å². The van der Waals surface area contributed by atoms with Crippen LogP contribution in [0.5, 0.6) is 0 Å². The van der Waals surface area contributed by atoms with Gasteiger partial charge in [0.2, 0.25) is 0 Å². The fourth-order valence-corrected chi connectivity index (χ4v) is 0.560. The second kappa shape index (κ2) is 8.95. The van der Waals surface area contributed by atoms with E-state index in [4.69, 9.17) is 24.8 Å². The van der Waals surface area contributed by atoms with Gasteiger partial charge in [-0.1, -0.05) is 0 Å². The Bertz CT molecular complexity index is 198. The summed E-state index contributed by atoms with van der Waals surface area (Å²) in [4.78, 5) is 34.6. The van der Waals surface area contributed by atoms with Gasteiger partial charge in [-0.2, -0.15) is 0 Å². The lowest BCUT2D eigenvalue weighted by Gasteiger charge is -2.04. The van der Waals surface area contributed by atoms with Crippen molar-refractivity contribution in [3.8, 4) is 0 Å². The average molecular weight is 230 g/mol. The number of aliphatic hydroxyl groups excluding tert-OH is 2. The van der Waals surface area contributed by atoms with Crippen LogP contribution in [0.2, 0.25) is 0 Å². The van der Waals surface area contributed by atoms with Gasteiger partial charge in [0.15, 0.2) is 6.29 Å². The molecule has 0 aliphatic rings. The van der Waals surface area contributed by atoms with Gasteiger partial charge >= 0.3 is 7.82 Å². The summed E-state index contributed by atoms with van der Waals surface area (Å²) in [6, 6.07) is 0. The molecule has 0 fully saturated rings. The van der Waals surface area contributed by atoms with Crippen molar-refractivity contribution in [2.45, 2.75) is 6.10 Å². The lowest BCUT2D eigenvalue weighted by atomic mass is 10.4. The SMILES string of the molecule is O=CCO.O=C[C@H](O)COP(=O)(O)O. The van der Waals surface area contributed by atoms with E-state index < -0.39 is 20.5 Å². The molecule has 0 aromatic heterocycles. The summed E-state index contributed by atoms with van der Waals surface area (Å²) in [6.07, 6.45) is -0.928. The summed E-state index contributed by atoms with van der Waals surface area (Å²) >= 11 is 0. The highest BCUT2D eigenvalue weighted by atomic mass is 31.2. The first-order chi connectivity index (χ1) is 6.37. The predicted octanol–water partition coefficient (Wildman–Crippen LogP) is -2.17. The first-order valence-electron chi connectivity index (χ1n) is 3.25. The van der Waals surface area contributed by atoms with Crippen LogP contribution in [0.25, 0.3) is 0 Å². The van der Waals surface area contributed by atoms with Gasteiger partial charge < -0.3 is 29.6 Å². The molecule has 0 amide bonds. The van der Waals surface area contributed by atoms with E-state index in [1.807, 2.05) is 0 Å². The number of carbonyl (C=O) groups is 2. The maximum atomic E-state index is 9.90. The Morgan fingerprint density at radius 3 is 2.00 bits per heavy atom. The molecule has 0 saturated carbocycles. The predicted molar refractivity (Wildman–Crippen MR) is 43.2 cm³/mol. The molecule has 0 heterocycles. The van der Waals surface area contributed by atoms with Crippen LogP contribution < -0.4 is 0 Å². The molecule has 0 aromatic carbocycles. The number of carbonyl (C=O) groups excluding carboxylic acids is 2. The topological polar surface area (TPSA) is 141 Å². The quantitative estimate of drug-likeness (QED) is 0.309. The lowest BCUT2D eigenvalue weighted by molar-refractivity contribution is -0.116. The van der Waals surface area contributed by atoms with Crippen molar-refractivity contribution in [2.75, 3.05) is 13.2 Å². The number of aliphatic hydroxyl groups is 2. The summed E-state index contributed by atoms with van der Waals surface area (Å²) in [5, 5.41) is 15.9. The van der Waals surface area contributed by atoms with Gasteiger partial charge in [-0.15, -0.1) is 0 Å². The molecule has 9 heteroatoms. The van der Waals surface area contributed by atoms with Crippen molar-refractivity contribution in [1.29, 1.82) is 0 Å². The molecular formula is C5H11O8P. The Morgan fingerprint density at radius 1 is 1.36 bits per heavy atom. The summed E-state index contributed by atoms with van der Waals surface area (Å²) in [5.41, 5.74) is 0. The summed E-state index contributed by atoms with van der Waals surface area (Å²) in [5.74, 6) is 0. The normalized spacial score (nSPS) is 12.3. The minimum atomic E-state index is -4.55. The third kappa shape index (κ3) is 17.5. The highest BCUT2D eigenvalue weighted by molar-refractivity contribution is 7.46. The van der Waals surface area contributed by atoms with Crippen LogP contribution in [0.15, 0.2) is 0 Å². The summed E-state index contributed by atoms with van der Waals surface area (Å²) in [6.45, 7) is -1.05. The molecular weight excluding hydrogens is 219 g/mol. The van der Waals surface area contributed by atoms with Gasteiger partial charge in [-0.25, -0.2) is 4.57 Å². The molecule has 0 radical (unpaired) electrons. The highest BCUT2D eigenvalue weighted by Gasteiger charge is 2.15. The molecule has 1 atom stereocenters. The molecule has 0 unspecified atom stereocenters. The summed E-state index contributed by atoms with van der Waals surface area (Å²) in [7, 11) is -4.55. The van der Waals surface area contributed by atoms with Crippen molar-refractivity contribution in [1.82, 2.24) is 0 Å². The molecule has 0 saturated heterocycles. The molecule has 0 bridgehead atoms. The zero-order valence-corrected chi connectivity index (χ0v) is 7.91. The largest absolute Gasteiger partial charge is 0.469 e. The molecule has 84 valence electrons. The Hall–Kier alpha value is -0.630. The Kier molecular flexibility index (Phi) is 10.1. The molecule has 0 aromatic rings. The van der Waals surface area contributed by atoms with Gasteiger partial charge in [0.1, 0.15) is 12.4 Å². The minimum absolute atomic E-state index is 0.121. The molecule has 14 heavy (non-hydrogen) atoms. The Morgan fingerprint density at radius 2 is 1.79 bits per heavy atom. The zero-order valence-electron chi connectivity index (χ0n) is 7.02. The number of hydrogen-bond donors (Lipinski definition) is 4. The van der Waals surface area contributed by atoms with E-state index >= 15 is 0 Å². The van der Waals surface area contributed by atoms with E-state index in [0.29, 0.717) is 6.29 Å². The highest BCUT2D eigenvalue weighted by Crippen LogP contribution is 2.35. The lowest BCUT2D eigenvalue weighted by Crippen LogP contribution is -2.15. The van der Waals surface area contributed by atoms with Crippen molar-refractivity contribution in [3.05, 3.63) is 0 Å². The van der Waals surface area contributed by atoms with E-state index in [9.17, 15) is 9.36 Å². The maximum absolute atomic E-state index is 9.90. The Labute approximate surface area is 79.4 Å². The maximum Gasteiger partial charge on any atom is 0.469 e. The number of phosphoric ester groups is 1. The fraction of sp³-hybridized carbons (Fsp3) is 0.600. The molecule has 0 aliphatic carbocycles. The van der Waals surface area contributed by atoms with Gasteiger partial charge in [0, 0.05) is 0 Å². The first-order valence-corrected chi connectivity index (χ1v) is 4.78. The smallest absolute Gasteiger partial charge is 0.389 e.